The van der Waals surface area contributed by atoms with Gasteiger partial charge in [-0.15, -0.1) is 0 Å². The predicted octanol–water partition coefficient (Wildman–Crippen LogP) is 1.29. The number of hydrogen-bond acceptors (Lipinski definition) is 5. The smallest absolute Gasteiger partial charge is 0.266 e. The Bertz CT molecular complexity index is 689. The van der Waals surface area contributed by atoms with E-state index in [-0.39, 0.29) is 5.69 Å². The quantitative estimate of drug-likeness (QED) is 0.892. The average Bonchev–Trinajstić information content (AvgIpc) is 2.57. The summed E-state index contributed by atoms with van der Waals surface area (Å²) in [6.45, 7) is 1.90. The lowest BCUT2D eigenvalue weighted by atomic mass is 10.1. The van der Waals surface area contributed by atoms with Crippen LogP contribution in [0.15, 0.2) is 18.2 Å². The summed E-state index contributed by atoms with van der Waals surface area (Å²) in [5, 5.41) is 0.677. The van der Waals surface area contributed by atoms with Gasteiger partial charge in [-0.25, -0.2) is 13.1 Å². The van der Waals surface area contributed by atoms with Crippen molar-refractivity contribution >= 4 is 37.5 Å². The number of nitrogens with zero attached hydrogens (tertiary/aromatic N) is 1. The highest BCUT2D eigenvalue weighted by molar-refractivity contribution is 7.89. The Morgan fingerprint density at radius 3 is 2.76 bits per heavy atom. The van der Waals surface area contributed by atoms with Gasteiger partial charge < -0.3 is 0 Å². The fourth-order valence-electron chi connectivity index (χ4n) is 1.43. The molecule has 90 valence electrons. The van der Waals surface area contributed by atoms with Crippen molar-refractivity contribution in [1.29, 1.82) is 0 Å². The molecule has 1 N–H and O–H groups in total. The van der Waals surface area contributed by atoms with Crippen LogP contribution in [0.1, 0.15) is 16.1 Å². The SMILES string of the molecule is Cc1ccc2snc(C(=O)NS(C)(=O)=O)c2c1. The third-order valence-corrected chi connectivity index (χ3v) is 3.50. The third kappa shape index (κ3) is 2.62. The van der Waals surface area contributed by atoms with E-state index in [4.69, 9.17) is 0 Å². The van der Waals surface area contributed by atoms with E-state index < -0.39 is 15.9 Å². The average molecular weight is 270 g/mol. The number of fused-ring (bicyclic) bond motifs is 1. The van der Waals surface area contributed by atoms with Gasteiger partial charge in [0.1, 0.15) is 0 Å². The molecule has 0 aliphatic heterocycles. The van der Waals surface area contributed by atoms with E-state index in [1.54, 1.807) is 0 Å². The van der Waals surface area contributed by atoms with Crippen LogP contribution in [0.25, 0.3) is 10.1 Å². The van der Waals surface area contributed by atoms with Crippen molar-refractivity contribution in [2.24, 2.45) is 0 Å². The van der Waals surface area contributed by atoms with Gasteiger partial charge in [0, 0.05) is 5.39 Å². The molecular formula is C10H10N2O3S2. The zero-order valence-electron chi connectivity index (χ0n) is 9.22. The number of carbonyl (C=O) groups is 1. The Labute approximate surface area is 103 Å². The Morgan fingerprint density at radius 1 is 1.41 bits per heavy atom. The van der Waals surface area contributed by atoms with Gasteiger partial charge >= 0.3 is 0 Å². The van der Waals surface area contributed by atoms with Crippen LogP contribution in [-0.2, 0) is 10.0 Å². The monoisotopic (exact) mass is 270 g/mol. The number of aromatic nitrogens is 1. The minimum Gasteiger partial charge on any atom is -0.266 e. The second kappa shape index (κ2) is 4.08. The Morgan fingerprint density at radius 2 is 2.12 bits per heavy atom. The summed E-state index contributed by atoms with van der Waals surface area (Å²) in [6, 6.07) is 5.59. The molecule has 0 unspecified atom stereocenters. The first-order valence-electron chi connectivity index (χ1n) is 4.75. The molecule has 2 rings (SSSR count). The molecule has 0 saturated carbocycles. The van der Waals surface area contributed by atoms with Crippen molar-refractivity contribution in [3.8, 4) is 0 Å². The van der Waals surface area contributed by atoms with Crippen LogP contribution in [0.5, 0.6) is 0 Å². The van der Waals surface area contributed by atoms with Crippen LogP contribution in [0.3, 0.4) is 0 Å². The number of rotatable bonds is 2. The first-order chi connectivity index (χ1) is 7.87. The molecule has 1 heterocycles. The molecule has 0 aliphatic rings. The minimum absolute atomic E-state index is 0.152. The first kappa shape index (κ1) is 12.0. The molecule has 1 aromatic heterocycles. The van der Waals surface area contributed by atoms with Gasteiger partial charge in [-0.2, -0.15) is 4.37 Å². The lowest BCUT2D eigenvalue weighted by Gasteiger charge is -2.00. The number of hydrogen-bond donors (Lipinski definition) is 1. The number of nitrogens with one attached hydrogen (secondary N) is 1. The summed E-state index contributed by atoms with van der Waals surface area (Å²) < 4.78 is 28.7. The zero-order valence-corrected chi connectivity index (χ0v) is 10.9. The Balaban J connectivity index is 2.49. The molecule has 2 aromatic rings. The lowest BCUT2D eigenvalue weighted by molar-refractivity contribution is 0.0979. The summed E-state index contributed by atoms with van der Waals surface area (Å²) >= 11 is 1.17. The van der Waals surface area contributed by atoms with Crippen LogP contribution in [0.2, 0.25) is 0 Å². The molecule has 0 aliphatic carbocycles. The highest BCUT2D eigenvalue weighted by Gasteiger charge is 2.17. The molecule has 5 nitrogen and oxygen atoms in total. The molecule has 0 spiro atoms. The van der Waals surface area contributed by atoms with Gasteiger partial charge in [-0.1, -0.05) is 11.6 Å². The van der Waals surface area contributed by atoms with Gasteiger partial charge in [-0.05, 0) is 30.6 Å². The molecule has 0 atom stereocenters. The number of amides is 1. The van der Waals surface area contributed by atoms with E-state index in [1.807, 2.05) is 29.8 Å². The predicted molar refractivity (Wildman–Crippen MR) is 66.7 cm³/mol. The van der Waals surface area contributed by atoms with E-state index >= 15 is 0 Å². The molecule has 0 fully saturated rings. The minimum atomic E-state index is -3.56. The van der Waals surface area contributed by atoms with E-state index in [1.165, 1.54) is 11.5 Å². The molecule has 7 heteroatoms. The van der Waals surface area contributed by atoms with E-state index in [0.29, 0.717) is 5.39 Å². The normalized spacial score (nSPS) is 11.6. The van der Waals surface area contributed by atoms with Crippen LogP contribution in [-0.4, -0.2) is 25.0 Å². The highest BCUT2D eigenvalue weighted by Crippen LogP contribution is 2.23. The first-order valence-corrected chi connectivity index (χ1v) is 7.41. The maximum absolute atomic E-state index is 11.7. The van der Waals surface area contributed by atoms with Crippen molar-refractivity contribution in [1.82, 2.24) is 9.10 Å². The van der Waals surface area contributed by atoms with E-state index in [0.717, 1.165) is 16.5 Å². The largest absolute Gasteiger partial charge is 0.285 e. The zero-order chi connectivity index (χ0) is 12.6. The number of benzene rings is 1. The standard InChI is InChI=1S/C10H10N2O3S2/c1-6-3-4-8-7(5-6)9(11-16-8)10(13)12-17(2,14)15/h3-5H,1-2H3,(H,12,13). The molecular weight excluding hydrogens is 260 g/mol. The van der Waals surface area contributed by atoms with Gasteiger partial charge in [0.2, 0.25) is 10.0 Å². The maximum atomic E-state index is 11.7. The van der Waals surface area contributed by atoms with E-state index in [9.17, 15) is 13.2 Å². The maximum Gasteiger partial charge on any atom is 0.285 e. The van der Waals surface area contributed by atoms with Gasteiger partial charge in [0.25, 0.3) is 5.91 Å². The molecule has 0 bridgehead atoms. The molecule has 17 heavy (non-hydrogen) atoms. The Kier molecular flexibility index (Phi) is 2.88. The summed E-state index contributed by atoms with van der Waals surface area (Å²) in [4.78, 5) is 11.7. The third-order valence-electron chi connectivity index (χ3n) is 2.12. The van der Waals surface area contributed by atoms with Gasteiger partial charge in [0.05, 0.1) is 11.0 Å². The van der Waals surface area contributed by atoms with Crippen molar-refractivity contribution in [2.75, 3.05) is 6.26 Å². The molecule has 1 aromatic carbocycles. The van der Waals surface area contributed by atoms with Crippen LogP contribution in [0.4, 0.5) is 0 Å². The van der Waals surface area contributed by atoms with Crippen molar-refractivity contribution in [3.05, 3.63) is 29.5 Å². The summed E-state index contributed by atoms with van der Waals surface area (Å²) in [6.07, 6.45) is 0.935. The summed E-state index contributed by atoms with van der Waals surface area (Å²) in [7, 11) is -3.56. The van der Waals surface area contributed by atoms with Crippen LogP contribution in [0, 0.1) is 6.92 Å². The molecule has 1 amide bonds. The van der Waals surface area contributed by atoms with Crippen molar-refractivity contribution < 1.29 is 13.2 Å². The highest BCUT2D eigenvalue weighted by atomic mass is 32.2. The number of sulfonamides is 1. The topological polar surface area (TPSA) is 76.1 Å². The molecule has 0 radical (unpaired) electrons. The van der Waals surface area contributed by atoms with E-state index in [2.05, 4.69) is 4.37 Å². The summed E-state index contributed by atoms with van der Waals surface area (Å²) in [5.74, 6) is -0.690. The fraction of sp³-hybridized carbons (Fsp3) is 0.200. The fourth-order valence-corrected chi connectivity index (χ4v) is 2.62. The van der Waals surface area contributed by atoms with Crippen LogP contribution >= 0.6 is 11.5 Å². The number of aryl methyl sites for hydroxylation is 1. The summed E-state index contributed by atoms with van der Waals surface area (Å²) in [5.41, 5.74) is 1.14. The van der Waals surface area contributed by atoms with Gasteiger partial charge in [0.15, 0.2) is 5.69 Å². The van der Waals surface area contributed by atoms with Crippen molar-refractivity contribution in [2.45, 2.75) is 6.92 Å². The van der Waals surface area contributed by atoms with Crippen molar-refractivity contribution in [3.63, 3.8) is 0 Å². The lowest BCUT2D eigenvalue weighted by Crippen LogP contribution is -2.29. The molecule has 0 saturated heterocycles. The number of carbonyl (C=O) groups excluding carboxylic acids is 1. The van der Waals surface area contributed by atoms with Gasteiger partial charge in [-0.3, -0.25) is 4.79 Å². The van der Waals surface area contributed by atoms with Crippen LogP contribution < -0.4 is 4.72 Å². The second-order valence-electron chi connectivity index (χ2n) is 3.73. The second-order valence-corrected chi connectivity index (χ2v) is 6.29. The Hall–Kier alpha value is -1.47.